The van der Waals surface area contributed by atoms with Crippen molar-refractivity contribution in [2.24, 2.45) is 12.8 Å². The van der Waals surface area contributed by atoms with Crippen LogP contribution in [-0.4, -0.2) is 89.6 Å². The largest absolute Gasteiger partial charge is 0.508 e. The van der Waals surface area contributed by atoms with Crippen LogP contribution in [0.5, 0.6) is 17.2 Å². The predicted molar refractivity (Wildman–Crippen MR) is 257 cm³/mol. The van der Waals surface area contributed by atoms with Crippen LogP contribution in [0.3, 0.4) is 0 Å². The highest BCUT2D eigenvalue weighted by molar-refractivity contribution is 6.06. The molecule has 0 bridgehead atoms. The first-order chi connectivity index (χ1) is 34.2. The minimum Gasteiger partial charge on any atom is -0.508 e. The van der Waals surface area contributed by atoms with Gasteiger partial charge in [0.1, 0.15) is 47.0 Å². The van der Waals surface area contributed by atoms with Gasteiger partial charge in [-0.25, -0.2) is 28.5 Å². The van der Waals surface area contributed by atoms with E-state index in [9.17, 15) is 43.3 Å². The minimum absolute atomic E-state index is 0.0183. The molecule has 0 radical (unpaired) electrons. The number of hydrogen-bond donors (Lipinski definition) is 7. The van der Waals surface area contributed by atoms with E-state index in [0.717, 1.165) is 11.1 Å². The fourth-order valence-corrected chi connectivity index (χ4v) is 8.90. The molecule has 9 rings (SSSR count). The second-order valence-electron chi connectivity index (χ2n) is 17.9. The molecule has 1 saturated heterocycles. The summed E-state index contributed by atoms with van der Waals surface area (Å²) >= 11 is 0. The minimum atomic E-state index is -1.52. The molecular formula is C50H50F2N8O12. The van der Waals surface area contributed by atoms with E-state index in [2.05, 4.69) is 30.9 Å². The third kappa shape index (κ3) is 9.78. The third-order valence-corrected chi connectivity index (χ3v) is 12.4. The monoisotopic (exact) mass is 992 g/mol. The second-order valence-corrected chi connectivity index (χ2v) is 17.9. The van der Waals surface area contributed by atoms with Crippen molar-refractivity contribution in [3.8, 4) is 17.2 Å². The lowest BCUT2D eigenvalue weighted by atomic mass is 9.83. The number of halogens is 2. The van der Waals surface area contributed by atoms with Gasteiger partial charge >= 0.3 is 11.7 Å². The zero-order valence-corrected chi connectivity index (χ0v) is 39.8. The van der Waals surface area contributed by atoms with Gasteiger partial charge in [0.25, 0.3) is 11.5 Å². The van der Waals surface area contributed by atoms with Gasteiger partial charge in [-0.15, -0.1) is 0 Å². The van der Waals surface area contributed by atoms with Crippen molar-refractivity contribution in [2.45, 2.75) is 83.2 Å². The Balaban J connectivity index is 0.000000211. The summed E-state index contributed by atoms with van der Waals surface area (Å²) in [5.74, 6) is -1.81. The lowest BCUT2D eigenvalue weighted by Crippen LogP contribution is -2.65. The first kappa shape index (κ1) is 50.2. The van der Waals surface area contributed by atoms with E-state index in [1.807, 2.05) is 19.9 Å². The molecule has 72 heavy (non-hydrogen) atoms. The van der Waals surface area contributed by atoms with Crippen LogP contribution in [-0.2, 0) is 27.7 Å². The number of aliphatic hydroxyl groups is 1. The molecule has 1 fully saturated rings. The molecule has 0 spiro atoms. The summed E-state index contributed by atoms with van der Waals surface area (Å²) in [4.78, 5) is 54.1. The summed E-state index contributed by atoms with van der Waals surface area (Å²) in [6, 6.07) is 15.3. The van der Waals surface area contributed by atoms with E-state index in [4.69, 9.17) is 29.1 Å². The first-order valence-electron chi connectivity index (χ1n) is 22.3. The number of H-pyrrole nitrogens is 1. The number of phenols is 1. The number of fused-ring (bicyclic) bond motifs is 1. The van der Waals surface area contributed by atoms with E-state index < -0.39 is 82.6 Å². The highest BCUT2D eigenvalue weighted by atomic mass is 19.1. The SMILES string of the molecule is COC1C(OC(N)=O)C(O)C(Oc2ccc3c(O)c(NC(=O)c4ccc(O)c(CC=C(C)C)c4)c(=O)oc3c2C)OC1(C)C.Cn1ncnc1[C@H]1c2n[nH]c(=O)c3cc(F)cc(c23)N[C@@H]1c1ccc(F)cc1. The van der Waals surface area contributed by atoms with E-state index in [-0.39, 0.29) is 44.8 Å². The van der Waals surface area contributed by atoms with Crippen molar-refractivity contribution >= 4 is 45.1 Å². The summed E-state index contributed by atoms with van der Waals surface area (Å²) in [5.41, 5.74) is 5.84. The van der Waals surface area contributed by atoms with Gasteiger partial charge in [0.05, 0.1) is 34.0 Å². The number of phenolic OH excluding ortho intramolecular Hbond substituents is 1. The molecule has 3 aromatic heterocycles. The standard InChI is InChI=1S/C31H36N2O11.C19H14F2N6O/c1-14(2)7-8-16-13-17(9-11-19(16)34)27(37)33-21-22(35)18-10-12-20(15(3)24(18)42-28(21)38)41-29-23(36)25(43-30(32)39)26(40-6)31(4,5)44-29;1-27-18(22-8-23-27)15-16(9-2-4-10(20)5-3-9)24-13-7-11(21)6-12-14(13)17(15)25-26-19(12)28/h7,9-13,23,25-26,29,34-36H,8H2,1-6H3,(H2,32,39)(H,33,37);2-8,15-16,24H,1H3,(H,26,28)/t;15-,16-/m.1/s1. The van der Waals surface area contributed by atoms with Crippen LogP contribution in [0.25, 0.3) is 21.7 Å². The van der Waals surface area contributed by atoms with E-state index in [1.165, 1.54) is 68.0 Å². The normalized spacial score (nSPS) is 19.9. The zero-order chi connectivity index (χ0) is 51.9. The number of carbonyl (C=O) groups excluding carboxylic acids is 2. The summed E-state index contributed by atoms with van der Waals surface area (Å²) in [5, 5.41) is 49.5. The maximum atomic E-state index is 14.1. The smallest absolute Gasteiger partial charge is 0.404 e. The number of primary amides is 1. The van der Waals surface area contributed by atoms with E-state index >= 15 is 0 Å². The number of aromatic nitrogens is 5. The highest BCUT2D eigenvalue weighted by Gasteiger charge is 2.53. The van der Waals surface area contributed by atoms with Gasteiger partial charge in [-0.05, 0) is 107 Å². The molecule has 20 nitrogen and oxygen atoms in total. The zero-order valence-electron chi connectivity index (χ0n) is 39.8. The molecule has 22 heteroatoms. The molecule has 6 atom stereocenters. The Labute approximate surface area is 408 Å². The van der Waals surface area contributed by atoms with Crippen molar-refractivity contribution < 1.29 is 57.1 Å². The van der Waals surface area contributed by atoms with Crippen molar-refractivity contribution in [2.75, 3.05) is 17.7 Å². The molecule has 2 aliphatic heterocycles. The number of nitrogens with one attached hydrogen (secondary N) is 3. The van der Waals surface area contributed by atoms with Gasteiger partial charge < -0.3 is 55.1 Å². The van der Waals surface area contributed by atoms with Gasteiger partial charge in [0.15, 0.2) is 23.6 Å². The average molecular weight is 993 g/mol. The maximum absolute atomic E-state index is 14.1. The summed E-state index contributed by atoms with van der Waals surface area (Å²) in [6.45, 7) is 8.69. The Bertz CT molecular complexity index is 3390. The topological polar surface area (TPSA) is 288 Å². The van der Waals surface area contributed by atoms with Crippen LogP contribution in [0, 0.1) is 18.6 Å². The number of aromatic amines is 1. The number of ether oxygens (including phenoxy) is 4. The lowest BCUT2D eigenvalue weighted by Gasteiger charge is -2.47. The Morgan fingerprint density at radius 2 is 1.75 bits per heavy atom. The van der Waals surface area contributed by atoms with Crippen LogP contribution < -0.4 is 32.3 Å². The Hall–Kier alpha value is -8.21. The number of aliphatic hydroxyl groups excluding tert-OH is 1. The van der Waals surface area contributed by atoms with Gasteiger partial charge in [-0.2, -0.15) is 10.2 Å². The summed E-state index contributed by atoms with van der Waals surface area (Å²) < 4.78 is 57.1. The molecule has 0 aliphatic carbocycles. The number of carbonyl (C=O) groups is 2. The number of nitrogens with zero attached hydrogens (tertiary/aromatic N) is 4. The van der Waals surface area contributed by atoms with Crippen LogP contribution >= 0.6 is 0 Å². The van der Waals surface area contributed by atoms with Gasteiger partial charge in [-0.1, -0.05) is 23.8 Å². The summed E-state index contributed by atoms with van der Waals surface area (Å²) in [6.07, 6.45) is -2.38. The van der Waals surface area contributed by atoms with Crippen molar-refractivity contribution in [1.29, 1.82) is 0 Å². The molecule has 376 valence electrons. The molecule has 7 aromatic rings. The molecule has 2 aliphatic rings. The van der Waals surface area contributed by atoms with E-state index in [1.54, 1.807) is 44.6 Å². The third-order valence-electron chi connectivity index (χ3n) is 12.4. The average Bonchev–Trinajstić information content (AvgIpc) is 3.75. The molecular weight excluding hydrogens is 943 g/mol. The lowest BCUT2D eigenvalue weighted by molar-refractivity contribution is -0.304. The van der Waals surface area contributed by atoms with Gasteiger partial charge in [0.2, 0.25) is 6.29 Å². The molecule has 4 aromatic carbocycles. The molecule has 4 unspecified atom stereocenters. The van der Waals surface area contributed by atoms with Crippen LogP contribution in [0.15, 0.2) is 98.7 Å². The summed E-state index contributed by atoms with van der Waals surface area (Å²) in [7, 11) is 3.13. The van der Waals surface area contributed by atoms with Gasteiger partial charge in [0, 0.05) is 36.4 Å². The Morgan fingerprint density at radius 1 is 1.01 bits per heavy atom. The quantitative estimate of drug-likeness (QED) is 0.0588. The van der Waals surface area contributed by atoms with Crippen molar-refractivity contribution in [1.82, 2.24) is 25.0 Å². The number of rotatable bonds is 10. The maximum Gasteiger partial charge on any atom is 0.404 e. The highest BCUT2D eigenvalue weighted by Crippen LogP contribution is 2.46. The number of methoxy groups -OCH3 is 1. The second kappa shape index (κ2) is 19.9. The Kier molecular flexibility index (Phi) is 13.9. The van der Waals surface area contributed by atoms with Crippen LogP contribution in [0.2, 0.25) is 0 Å². The van der Waals surface area contributed by atoms with Crippen molar-refractivity contribution in [3.63, 3.8) is 0 Å². The number of aromatic hydroxyl groups is 2. The van der Waals surface area contributed by atoms with Crippen molar-refractivity contribution in [3.05, 3.63) is 151 Å². The number of allylic oxidation sites excluding steroid dienone is 2. The molecule has 0 saturated carbocycles. The molecule has 5 heterocycles. The number of nitrogens with two attached hydrogens (primary N) is 1. The number of benzene rings is 4. The number of amides is 2. The van der Waals surface area contributed by atoms with Crippen LogP contribution in [0.4, 0.5) is 25.0 Å². The fourth-order valence-electron chi connectivity index (χ4n) is 8.90. The number of anilines is 2. The van der Waals surface area contributed by atoms with E-state index in [0.29, 0.717) is 34.6 Å². The number of aryl methyl sites for hydroxylation is 2. The predicted octanol–water partition coefficient (Wildman–Crippen LogP) is 6.26. The molecule has 8 N–H and O–H groups in total. The van der Waals surface area contributed by atoms with Gasteiger partial charge in [-0.3, -0.25) is 14.3 Å². The number of hydrogen-bond acceptors (Lipinski definition) is 16. The van der Waals surface area contributed by atoms with Crippen LogP contribution in [0.1, 0.15) is 78.2 Å². The fraction of sp³-hybridized carbons (Fsp3) is 0.300. The molecule has 2 amide bonds. The Morgan fingerprint density at radius 3 is 2.42 bits per heavy atom. The first-order valence-corrected chi connectivity index (χ1v) is 22.3.